The number of anilines is 1. The average molecular weight is 488 g/mol. The smallest absolute Gasteiger partial charge is 0.445 e. The molecule has 0 bridgehead atoms. The maximum absolute atomic E-state index is 14.4. The van der Waals surface area contributed by atoms with Crippen LogP contribution in [0.15, 0.2) is 115 Å². The zero-order chi connectivity index (χ0) is 24.5. The lowest BCUT2D eigenvalue weighted by Crippen LogP contribution is -2.31. The van der Waals surface area contributed by atoms with E-state index in [1.165, 1.54) is 0 Å². The third-order valence-corrected chi connectivity index (χ3v) is 6.95. The second-order valence-corrected chi connectivity index (χ2v) is 9.59. The number of carbonyl (C=O) groups excluding carboxylic acids is 1. The van der Waals surface area contributed by atoms with Gasteiger partial charge in [-0.05, 0) is 47.5 Å². The molecular formula is C27H25N2O5P. The summed E-state index contributed by atoms with van der Waals surface area (Å²) in [6.07, 6.45) is -0.783. The van der Waals surface area contributed by atoms with Crippen molar-refractivity contribution in [2.75, 3.05) is 5.73 Å². The van der Waals surface area contributed by atoms with E-state index in [0.717, 1.165) is 5.56 Å². The summed E-state index contributed by atoms with van der Waals surface area (Å²) in [5, 5.41) is 2.68. The molecule has 0 radical (unpaired) electrons. The van der Waals surface area contributed by atoms with E-state index in [1.807, 2.05) is 42.5 Å². The lowest BCUT2D eigenvalue weighted by Gasteiger charge is -2.28. The van der Waals surface area contributed by atoms with Crippen LogP contribution in [0.1, 0.15) is 16.9 Å². The highest BCUT2D eigenvalue weighted by molar-refractivity contribution is 7.55. The van der Waals surface area contributed by atoms with E-state index in [9.17, 15) is 9.36 Å². The lowest BCUT2D eigenvalue weighted by atomic mass is 10.2. The molecule has 8 heteroatoms. The first-order valence-electron chi connectivity index (χ1n) is 10.9. The Bertz CT molecular complexity index is 1240. The van der Waals surface area contributed by atoms with E-state index in [-0.39, 0.29) is 6.61 Å². The van der Waals surface area contributed by atoms with Gasteiger partial charge in [-0.25, -0.2) is 9.36 Å². The summed E-state index contributed by atoms with van der Waals surface area (Å²) in [7, 11) is -4.13. The number of amides is 1. The highest BCUT2D eigenvalue weighted by atomic mass is 31.2. The molecule has 0 aliphatic heterocycles. The third-order valence-electron chi connectivity index (χ3n) is 4.96. The van der Waals surface area contributed by atoms with E-state index in [0.29, 0.717) is 22.7 Å². The molecule has 4 aromatic carbocycles. The molecule has 4 aromatic rings. The van der Waals surface area contributed by atoms with Crippen LogP contribution in [0, 0.1) is 0 Å². The summed E-state index contributed by atoms with van der Waals surface area (Å²) < 4.78 is 31.7. The summed E-state index contributed by atoms with van der Waals surface area (Å²) in [6, 6.07) is 33.2. The molecule has 178 valence electrons. The van der Waals surface area contributed by atoms with Gasteiger partial charge in [-0.2, -0.15) is 0 Å². The number of hydrogen-bond donors (Lipinski definition) is 2. The largest absolute Gasteiger partial charge is 0.457 e. The third kappa shape index (κ3) is 6.65. The SMILES string of the molecule is Nc1cccc(C(NC(=O)OCc2ccccc2)P(=O)(Oc2ccccc2)Oc2ccccc2)c1. The minimum Gasteiger partial charge on any atom is -0.445 e. The Balaban J connectivity index is 1.67. The fourth-order valence-electron chi connectivity index (χ4n) is 3.33. The van der Waals surface area contributed by atoms with Gasteiger partial charge in [0.1, 0.15) is 18.1 Å². The minimum absolute atomic E-state index is 0.0414. The van der Waals surface area contributed by atoms with Crippen molar-refractivity contribution in [3.05, 3.63) is 126 Å². The number of nitrogens with two attached hydrogens (primary N) is 1. The molecule has 4 rings (SSSR count). The quantitative estimate of drug-likeness (QED) is 0.205. The van der Waals surface area contributed by atoms with Crippen LogP contribution in [0.4, 0.5) is 10.5 Å². The van der Waals surface area contributed by atoms with Gasteiger partial charge >= 0.3 is 13.7 Å². The monoisotopic (exact) mass is 488 g/mol. The van der Waals surface area contributed by atoms with Crippen molar-refractivity contribution in [1.82, 2.24) is 5.32 Å². The Morgan fingerprint density at radius 3 is 1.86 bits per heavy atom. The second kappa shape index (κ2) is 11.3. The van der Waals surface area contributed by atoms with Crippen molar-refractivity contribution >= 4 is 19.4 Å². The zero-order valence-corrected chi connectivity index (χ0v) is 19.7. The fourth-order valence-corrected chi connectivity index (χ4v) is 5.20. The van der Waals surface area contributed by atoms with Crippen LogP contribution in [-0.2, 0) is 15.9 Å². The van der Waals surface area contributed by atoms with Crippen LogP contribution in [0.2, 0.25) is 0 Å². The van der Waals surface area contributed by atoms with Crippen molar-refractivity contribution in [2.45, 2.75) is 12.4 Å². The Hall–Kier alpha value is -4.22. The summed E-state index contributed by atoms with van der Waals surface area (Å²) >= 11 is 0. The summed E-state index contributed by atoms with van der Waals surface area (Å²) in [4.78, 5) is 12.8. The number of hydrogen-bond acceptors (Lipinski definition) is 6. The standard InChI is InChI=1S/C27H25N2O5P/c28-23-14-10-13-22(19-23)26(29-27(30)32-20-21-11-4-1-5-12-21)35(31,33-24-15-6-2-7-16-24)34-25-17-8-3-9-18-25/h1-19,26H,20,28H2,(H,29,30). The van der Waals surface area contributed by atoms with Crippen molar-refractivity contribution in [3.8, 4) is 11.5 Å². The van der Waals surface area contributed by atoms with Gasteiger partial charge in [0.2, 0.25) is 0 Å². The highest BCUT2D eigenvalue weighted by Crippen LogP contribution is 2.59. The Morgan fingerprint density at radius 1 is 0.771 bits per heavy atom. The second-order valence-electron chi connectivity index (χ2n) is 7.63. The van der Waals surface area contributed by atoms with Crippen LogP contribution in [-0.4, -0.2) is 6.09 Å². The number of nitrogens with one attached hydrogen (secondary N) is 1. The highest BCUT2D eigenvalue weighted by Gasteiger charge is 2.42. The molecule has 0 aromatic heterocycles. The summed E-state index contributed by atoms with van der Waals surface area (Å²) in [6.45, 7) is 0.0414. The van der Waals surface area contributed by atoms with Crippen LogP contribution >= 0.6 is 7.60 Å². The molecular weight excluding hydrogens is 463 g/mol. The van der Waals surface area contributed by atoms with E-state index in [4.69, 9.17) is 19.5 Å². The van der Waals surface area contributed by atoms with Crippen molar-refractivity contribution < 1.29 is 23.1 Å². The average Bonchev–Trinajstić information content (AvgIpc) is 2.88. The molecule has 0 heterocycles. The first-order valence-corrected chi connectivity index (χ1v) is 12.5. The van der Waals surface area contributed by atoms with E-state index in [1.54, 1.807) is 72.8 Å². The topological polar surface area (TPSA) is 99.9 Å². The molecule has 0 saturated carbocycles. The van der Waals surface area contributed by atoms with Crippen LogP contribution < -0.4 is 20.1 Å². The number of alkyl carbamates (subject to hydrolysis) is 1. The number of ether oxygens (including phenoxy) is 1. The molecule has 0 spiro atoms. The van der Waals surface area contributed by atoms with E-state index in [2.05, 4.69) is 5.32 Å². The van der Waals surface area contributed by atoms with Crippen molar-refractivity contribution in [1.29, 1.82) is 0 Å². The molecule has 3 N–H and O–H groups in total. The molecule has 7 nitrogen and oxygen atoms in total. The minimum atomic E-state index is -4.13. The number of para-hydroxylation sites is 2. The van der Waals surface area contributed by atoms with Gasteiger partial charge in [0.25, 0.3) is 0 Å². The number of benzene rings is 4. The zero-order valence-electron chi connectivity index (χ0n) is 18.8. The van der Waals surface area contributed by atoms with Crippen molar-refractivity contribution in [3.63, 3.8) is 0 Å². The van der Waals surface area contributed by atoms with Gasteiger partial charge in [-0.3, -0.25) is 0 Å². The van der Waals surface area contributed by atoms with Gasteiger partial charge in [0, 0.05) is 5.69 Å². The number of carbonyl (C=O) groups is 1. The van der Waals surface area contributed by atoms with Gasteiger partial charge < -0.3 is 24.8 Å². The number of rotatable bonds is 9. The first-order chi connectivity index (χ1) is 17.0. The van der Waals surface area contributed by atoms with Gasteiger partial charge in [0.05, 0.1) is 0 Å². The normalized spacial score (nSPS) is 11.8. The lowest BCUT2D eigenvalue weighted by molar-refractivity contribution is 0.137. The fraction of sp³-hybridized carbons (Fsp3) is 0.0741. The van der Waals surface area contributed by atoms with Gasteiger partial charge in [0.15, 0.2) is 5.78 Å². The molecule has 1 unspecified atom stereocenters. The van der Waals surface area contributed by atoms with E-state index < -0.39 is 19.5 Å². The van der Waals surface area contributed by atoms with E-state index >= 15 is 0 Å². The summed E-state index contributed by atoms with van der Waals surface area (Å²) in [5.74, 6) is -0.574. The predicted molar refractivity (Wildman–Crippen MR) is 135 cm³/mol. The number of nitrogen functional groups attached to an aromatic ring is 1. The molecule has 1 amide bonds. The maximum atomic E-state index is 14.4. The van der Waals surface area contributed by atoms with Crippen LogP contribution in [0.3, 0.4) is 0 Å². The Kier molecular flexibility index (Phi) is 7.70. The van der Waals surface area contributed by atoms with Crippen molar-refractivity contribution in [2.24, 2.45) is 0 Å². The molecule has 1 atom stereocenters. The van der Waals surface area contributed by atoms with Gasteiger partial charge in [-0.1, -0.05) is 78.9 Å². The Morgan fingerprint density at radius 2 is 1.31 bits per heavy atom. The summed E-state index contributed by atoms with van der Waals surface area (Å²) in [5.41, 5.74) is 7.68. The molecule has 0 aliphatic rings. The molecule has 35 heavy (non-hydrogen) atoms. The molecule has 0 saturated heterocycles. The molecule has 0 fully saturated rings. The van der Waals surface area contributed by atoms with Crippen LogP contribution in [0.5, 0.6) is 11.5 Å². The first kappa shape index (κ1) is 23.9. The van der Waals surface area contributed by atoms with Crippen LogP contribution in [0.25, 0.3) is 0 Å². The predicted octanol–water partition coefficient (Wildman–Crippen LogP) is 6.54. The molecule has 0 aliphatic carbocycles. The van der Waals surface area contributed by atoms with Gasteiger partial charge in [-0.15, -0.1) is 0 Å². The Labute approximate surface area is 204 Å². The maximum Gasteiger partial charge on any atom is 0.457 e.